The van der Waals surface area contributed by atoms with Crippen molar-refractivity contribution in [3.63, 3.8) is 0 Å². The fourth-order valence-electron chi connectivity index (χ4n) is 3.53. The number of amides is 5. The molecule has 5 amide bonds. The van der Waals surface area contributed by atoms with E-state index in [4.69, 9.17) is 16.3 Å². The van der Waals surface area contributed by atoms with Gasteiger partial charge in [-0.05, 0) is 70.0 Å². The standard InChI is InChI=1S/C25H27ClN4O6/c1-25(2,3)27-24(35)36-14-6-9-19(30-22(33)17-7-4-5-8-18(17)23(30)34)21(32)29-28-20(31)15-10-12-16(26)13-11-15/h4-5,7-8,10-13,19H,6,9,14H2,1-3H3,(H,27,35)(H,28,31)(H,29,32)/t19-/m0/s1. The van der Waals surface area contributed by atoms with Gasteiger partial charge in [-0.2, -0.15) is 0 Å². The van der Waals surface area contributed by atoms with E-state index >= 15 is 0 Å². The van der Waals surface area contributed by atoms with Crippen molar-refractivity contribution in [2.24, 2.45) is 0 Å². The molecule has 36 heavy (non-hydrogen) atoms. The van der Waals surface area contributed by atoms with Crippen molar-refractivity contribution in [3.05, 3.63) is 70.2 Å². The topological polar surface area (TPSA) is 134 Å². The molecule has 0 saturated carbocycles. The smallest absolute Gasteiger partial charge is 0.407 e. The summed E-state index contributed by atoms with van der Waals surface area (Å²) >= 11 is 5.83. The summed E-state index contributed by atoms with van der Waals surface area (Å²) in [7, 11) is 0. The zero-order chi connectivity index (χ0) is 26.5. The molecule has 11 heteroatoms. The number of nitrogens with one attached hydrogen (secondary N) is 3. The van der Waals surface area contributed by atoms with E-state index in [9.17, 15) is 24.0 Å². The van der Waals surface area contributed by atoms with Crippen LogP contribution in [0.15, 0.2) is 48.5 Å². The van der Waals surface area contributed by atoms with Gasteiger partial charge in [0.25, 0.3) is 23.6 Å². The number of hydrogen-bond donors (Lipinski definition) is 3. The number of rotatable bonds is 7. The summed E-state index contributed by atoms with van der Waals surface area (Å²) in [5.74, 6) is -2.62. The SMILES string of the molecule is CC(C)(C)NC(=O)OCCC[C@@H](C(=O)NNC(=O)c1ccc(Cl)cc1)N1C(=O)c2ccccc2C1=O. The number of halogens is 1. The molecule has 0 spiro atoms. The van der Waals surface area contributed by atoms with Gasteiger partial charge in [0, 0.05) is 16.1 Å². The number of benzene rings is 2. The van der Waals surface area contributed by atoms with Crippen LogP contribution in [0.1, 0.15) is 64.7 Å². The highest BCUT2D eigenvalue weighted by Gasteiger charge is 2.42. The van der Waals surface area contributed by atoms with Crippen LogP contribution in [0.25, 0.3) is 0 Å². The molecule has 1 heterocycles. The summed E-state index contributed by atoms with van der Waals surface area (Å²) < 4.78 is 5.14. The lowest BCUT2D eigenvalue weighted by molar-refractivity contribution is -0.126. The Bertz CT molecular complexity index is 1140. The molecule has 1 aliphatic heterocycles. The first-order valence-electron chi connectivity index (χ1n) is 11.3. The Morgan fingerprint density at radius 3 is 2.08 bits per heavy atom. The minimum absolute atomic E-state index is 0.00306. The van der Waals surface area contributed by atoms with Gasteiger partial charge in [-0.15, -0.1) is 0 Å². The van der Waals surface area contributed by atoms with E-state index < -0.39 is 41.3 Å². The third-order valence-corrected chi connectivity index (χ3v) is 5.43. The molecule has 190 valence electrons. The highest BCUT2D eigenvalue weighted by molar-refractivity contribution is 6.30. The van der Waals surface area contributed by atoms with Crippen LogP contribution in [0.3, 0.4) is 0 Å². The third-order valence-electron chi connectivity index (χ3n) is 5.18. The zero-order valence-electron chi connectivity index (χ0n) is 20.1. The van der Waals surface area contributed by atoms with E-state index in [0.717, 1.165) is 4.90 Å². The molecule has 0 bridgehead atoms. The normalized spacial score (nSPS) is 13.6. The Balaban J connectivity index is 1.69. The van der Waals surface area contributed by atoms with Crippen LogP contribution >= 0.6 is 11.6 Å². The van der Waals surface area contributed by atoms with Crippen LogP contribution in [-0.2, 0) is 9.53 Å². The van der Waals surface area contributed by atoms with Crippen molar-refractivity contribution < 1.29 is 28.7 Å². The molecule has 0 radical (unpaired) electrons. The molecule has 3 rings (SSSR count). The third kappa shape index (κ3) is 6.60. The predicted octanol–water partition coefficient (Wildman–Crippen LogP) is 3.07. The number of carbonyl (C=O) groups excluding carboxylic acids is 5. The molecule has 1 atom stereocenters. The summed E-state index contributed by atoms with van der Waals surface area (Å²) in [6.07, 6.45) is -0.454. The number of fused-ring (bicyclic) bond motifs is 1. The van der Waals surface area contributed by atoms with E-state index in [2.05, 4.69) is 16.2 Å². The average Bonchev–Trinajstić information content (AvgIpc) is 3.07. The largest absolute Gasteiger partial charge is 0.450 e. The van der Waals surface area contributed by atoms with Crippen LogP contribution in [-0.4, -0.2) is 52.8 Å². The molecule has 0 unspecified atom stereocenters. The molecule has 0 fully saturated rings. The van der Waals surface area contributed by atoms with Crippen LogP contribution in [0, 0.1) is 0 Å². The van der Waals surface area contributed by atoms with E-state index in [1.807, 2.05) is 0 Å². The van der Waals surface area contributed by atoms with Gasteiger partial charge in [0.2, 0.25) is 0 Å². The lowest BCUT2D eigenvalue weighted by Gasteiger charge is -2.25. The van der Waals surface area contributed by atoms with Crippen LogP contribution < -0.4 is 16.2 Å². The fraction of sp³-hybridized carbons (Fsp3) is 0.320. The first-order chi connectivity index (χ1) is 17.0. The van der Waals surface area contributed by atoms with Crippen molar-refractivity contribution in [2.45, 2.75) is 45.2 Å². The van der Waals surface area contributed by atoms with Gasteiger partial charge in [-0.1, -0.05) is 23.7 Å². The molecule has 2 aromatic rings. The van der Waals surface area contributed by atoms with Crippen LogP contribution in [0.5, 0.6) is 0 Å². The van der Waals surface area contributed by atoms with Gasteiger partial charge >= 0.3 is 6.09 Å². The molecule has 1 aliphatic rings. The first kappa shape index (κ1) is 26.7. The number of hydrogen-bond acceptors (Lipinski definition) is 6. The van der Waals surface area contributed by atoms with E-state index in [1.54, 1.807) is 32.9 Å². The lowest BCUT2D eigenvalue weighted by atomic mass is 10.1. The summed E-state index contributed by atoms with van der Waals surface area (Å²) in [6, 6.07) is 11.0. The molecule has 0 aliphatic carbocycles. The van der Waals surface area contributed by atoms with Crippen molar-refractivity contribution in [1.82, 2.24) is 21.1 Å². The molecule has 0 saturated heterocycles. The quantitative estimate of drug-likeness (QED) is 0.295. The zero-order valence-corrected chi connectivity index (χ0v) is 20.8. The van der Waals surface area contributed by atoms with E-state index in [0.29, 0.717) is 5.02 Å². The van der Waals surface area contributed by atoms with E-state index in [-0.39, 0.29) is 36.1 Å². The highest BCUT2D eigenvalue weighted by Crippen LogP contribution is 2.26. The molecule has 10 nitrogen and oxygen atoms in total. The Morgan fingerprint density at radius 2 is 1.53 bits per heavy atom. The number of ether oxygens (including phenoxy) is 1. The number of alkyl carbamates (subject to hydrolysis) is 1. The van der Waals surface area contributed by atoms with Crippen molar-refractivity contribution >= 4 is 41.3 Å². The lowest BCUT2D eigenvalue weighted by Crippen LogP contribution is -2.54. The maximum absolute atomic E-state index is 13.1. The number of nitrogens with zero attached hydrogens (tertiary/aromatic N) is 1. The second kappa shape index (κ2) is 11.2. The van der Waals surface area contributed by atoms with Gasteiger partial charge in [0.15, 0.2) is 0 Å². The maximum Gasteiger partial charge on any atom is 0.407 e. The van der Waals surface area contributed by atoms with Gasteiger partial charge in [0.1, 0.15) is 6.04 Å². The monoisotopic (exact) mass is 514 g/mol. The number of hydrazine groups is 1. The summed E-state index contributed by atoms with van der Waals surface area (Å²) in [6.45, 7) is 5.35. The van der Waals surface area contributed by atoms with Crippen molar-refractivity contribution in [1.29, 1.82) is 0 Å². The van der Waals surface area contributed by atoms with Crippen LogP contribution in [0.4, 0.5) is 4.79 Å². The minimum Gasteiger partial charge on any atom is -0.450 e. The highest BCUT2D eigenvalue weighted by atomic mass is 35.5. The first-order valence-corrected chi connectivity index (χ1v) is 11.6. The fourth-order valence-corrected chi connectivity index (χ4v) is 3.65. The second-order valence-electron chi connectivity index (χ2n) is 9.15. The molecule has 2 aromatic carbocycles. The summed E-state index contributed by atoms with van der Waals surface area (Å²) in [5, 5.41) is 3.09. The molecular formula is C25H27ClN4O6. The Morgan fingerprint density at radius 1 is 0.944 bits per heavy atom. The van der Waals surface area contributed by atoms with Gasteiger partial charge in [-0.25, -0.2) is 4.79 Å². The number of carbonyl (C=O) groups is 5. The molecule has 0 aromatic heterocycles. The second-order valence-corrected chi connectivity index (χ2v) is 9.58. The van der Waals surface area contributed by atoms with Gasteiger partial charge in [0.05, 0.1) is 17.7 Å². The van der Waals surface area contributed by atoms with Gasteiger partial charge in [-0.3, -0.25) is 34.9 Å². The minimum atomic E-state index is -1.25. The van der Waals surface area contributed by atoms with E-state index in [1.165, 1.54) is 36.4 Å². The van der Waals surface area contributed by atoms with Gasteiger partial charge < -0.3 is 10.1 Å². The summed E-state index contributed by atoms with van der Waals surface area (Å²) in [5.41, 5.74) is 4.70. The molecular weight excluding hydrogens is 488 g/mol. The Hall–Kier alpha value is -3.92. The summed E-state index contributed by atoms with van der Waals surface area (Å²) in [4.78, 5) is 64.1. The maximum atomic E-state index is 13.1. The Labute approximate surface area is 213 Å². The average molecular weight is 515 g/mol. The number of imide groups is 1. The van der Waals surface area contributed by atoms with Crippen LogP contribution in [0.2, 0.25) is 5.02 Å². The Kier molecular flexibility index (Phi) is 8.31. The van der Waals surface area contributed by atoms with Crippen molar-refractivity contribution in [3.8, 4) is 0 Å². The predicted molar refractivity (Wildman–Crippen MR) is 131 cm³/mol. The molecule has 3 N–H and O–H groups in total. The van der Waals surface area contributed by atoms with Crippen molar-refractivity contribution in [2.75, 3.05) is 6.61 Å².